The number of nitrogens with zero attached hydrogens (tertiary/aromatic N) is 2. The standard InChI is InChI=1S/C14H27N3O3/c1-5-16(6-2)8-7-15-13(19)14(4)11-17(12(3)18)9-10-20-14/h5-11H2,1-4H3,(H,15,19). The number of morpholine rings is 1. The lowest BCUT2D eigenvalue weighted by Gasteiger charge is -2.39. The van der Waals surface area contributed by atoms with Crippen LogP contribution in [0.1, 0.15) is 27.7 Å². The van der Waals surface area contributed by atoms with Gasteiger partial charge in [-0.3, -0.25) is 9.59 Å². The number of ether oxygens (including phenoxy) is 1. The third kappa shape index (κ3) is 4.45. The smallest absolute Gasteiger partial charge is 0.253 e. The van der Waals surface area contributed by atoms with Gasteiger partial charge in [-0.15, -0.1) is 0 Å². The van der Waals surface area contributed by atoms with Gasteiger partial charge in [-0.1, -0.05) is 13.8 Å². The van der Waals surface area contributed by atoms with E-state index in [4.69, 9.17) is 4.74 Å². The highest BCUT2D eigenvalue weighted by molar-refractivity contribution is 5.86. The molecule has 1 aliphatic rings. The summed E-state index contributed by atoms with van der Waals surface area (Å²) in [5.41, 5.74) is -0.937. The molecule has 0 spiro atoms. The van der Waals surface area contributed by atoms with Gasteiger partial charge in [0.05, 0.1) is 13.2 Å². The van der Waals surface area contributed by atoms with Crippen molar-refractivity contribution in [1.29, 1.82) is 0 Å². The van der Waals surface area contributed by atoms with E-state index in [0.29, 0.717) is 26.2 Å². The van der Waals surface area contributed by atoms with Gasteiger partial charge in [0.2, 0.25) is 5.91 Å². The molecule has 0 radical (unpaired) electrons. The van der Waals surface area contributed by atoms with Crippen molar-refractivity contribution in [3.63, 3.8) is 0 Å². The number of hydrogen-bond donors (Lipinski definition) is 1. The first-order valence-corrected chi connectivity index (χ1v) is 7.33. The van der Waals surface area contributed by atoms with Crippen molar-refractivity contribution in [3.05, 3.63) is 0 Å². The van der Waals surface area contributed by atoms with Gasteiger partial charge in [0.25, 0.3) is 5.91 Å². The van der Waals surface area contributed by atoms with Crippen molar-refractivity contribution < 1.29 is 14.3 Å². The summed E-state index contributed by atoms with van der Waals surface area (Å²) in [6, 6.07) is 0. The molecule has 1 atom stereocenters. The molecule has 1 N–H and O–H groups in total. The summed E-state index contributed by atoms with van der Waals surface area (Å²) in [6.45, 7) is 12.1. The van der Waals surface area contributed by atoms with Crippen LogP contribution < -0.4 is 5.32 Å². The second-order valence-corrected chi connectivity index (χ2v) is 5.30. The Morgan fingerprint density at radius 1 is 1.35 bits per heavy atom. The van der Waals surface area contributed by atoms with Gasteiger partial charge in [0.1, 0.15) is 0 Å². The fraction of sp³-hybridized carbons (Fsp3) is 0.857. The van der Waals surface area contributed by atoms with Gasteiger partial charge < -0.3 is 19.9 Å². The van der Waals surface area contributed by atoms with Crippen LogP contribution in [-0.4, -0.2) is 73.1 Å². The predicted octanol–water partition coefficient (Wildman–Crippen LogP) is 0.0818. The molecule has 1 fully saturated rings. The van der Waals surface area contributed by atoms with E-state index in [0.717, 1.165) is 19.6 Å². The molecule has 6 nitrogen and oxygen atoms in total. The first kappa shape index (κ1) is 16.9. The monoisotopic (exact) mass is 285 g/mol. The lowest BCUT2D eigenvalue weighted by Crippen LogP contribution is -2.59. The van der Waals surface area contributed by atoms with E-state index in [9.17, 15) is 9.59 Å². The van der Waals surface area contributed by atoms with Crippen LogP contribution in [0.25, 0.3) is 0 Å². The van der Waals surface area contributed by atoms with Crippen LogP contribution in [0, 0.1) is 0 Å². The molecular weight excluding hydrogens is 258 g/mol. The van der Waals surface area contributed by atoms with E-state index in [1.54, 1.807) is 11.8 Å². The summed E-state index contributed by atoms with van der Waals surface area (Å²) in [5, 5.41) is 2.91. The zero-order chi connectivity index (χ0) is 15.2. The number of carbonyl (C=O) groups excluding carboxylic acids is 2. The molecule has 1 heterocycles. The molecule has 0 aromatic carbocycles. The summed E-state index contributed by atoms with van der Waals surface area (Å²) >= 11 is 0. The van der Waals surface area contributed by atoms with Crippen molar-refractivity contribution in [2.24, 2.45) is 0 Å². The fourth-order valence-corrected chi connectivity index (χ4v) is 2.33. The van der Waals surface area contributed by atoms with Crippen molar-refractivity contribution in [3.8, 4) is 0 Å². The van der Waals surface area contributed by atoms with Crippen LogP contribution in [0.2, 0.25) is 0 Å². The molecule has 6 heteroatoms. The molecule has 116 valence electrons. The SMILES string of the molecule is CCN(CC)CCNC(=O)C1(C)CN(C(C)=O)CCO1. The van der Waals surface area contributed by atoms with E-state index in [-0.39, 0.29) is 11.8 Å². The van der Waals surface area contributed by atoms with Crippen LogP contribution in [0.5, 0.6) is 0 Å². The number of rotatable bonds is 6. The van der Waals surface area contributed by atoms with Crippen LogP contribution in [0.15, 0.2) is 0 Å². The van der Waals surface area contributed by atoms with E-state index < -0.39 is 5.60 Å². The Hall–Kier alpha value is -1.14. The molecule has 20 heavy (non-hydrogen) atoms. The predicted molar refractivity (Wildman–Crippen MR) is 77.4 cm³/mol. The van der Waals surface area contributed by atoms with Gasteiger partial charge in [-0.2, -0.15) is 0 Å². The number of likely N-dealkylation sites (N-methyl/N-ethyl adjacent to an activating group) is 1. The molecule has 1 aliphatic heterocycles. The lowest BCUT2D eigenvalue weighted by atomic mass is 10.0. The third-order valence-electron chi connectivity index (χ3n) is 3.81. The Labute approximate surface area is 121 Å². The zero-order valence-electron chi connectivity index (χ0n) is 13.1. The quantitative estimate of drug-likeness (QED) is 0.751. The average molecular weight is 285 g/mol. The van der Waals surface area contributed by atoms with Crippen molar-refractivity contribution in [2.45, 2.75) is 33.3 Å². The van der Waals surface area contributed by atoms with Gasteiger partial charge in [0.15, 0.2) is 5.60 Å². The fourth-order valence-electron chi connectivity index (χ4n) is 2.33. The van der Waals surface area contributed by atoms with Gasteiger partial charge in [-0.05, 0) is 20.0 Å². The minimum Gasteiger partial charge on any atom is -0.362 e. The first-order chi connectivity index (χ1) is 9.42. The minimum absolute atomic E-state index is 0.0181. The largest absolute Gasteiger partial charge is 0.362 e. The van der Waals surface area contributed by atoms with Gasteiger partial charge in [0, 0.05) is 26.6 Å². The molecule has 1 unspecified atom stereocenters. The number of hydrogen-bond acceptors (Lipinski definition) is 4. The van der Waals surface area contributed by atoms with E-state index in [2.05, 4.69) is 24.1 Å². The maximum Gasteiger partial charge on any atom is 0.253 e. The zero-order valence-corrected chi connectivity index (χ0v) is 13.1. The van der Waals surface area contributed by atoms with E-state index >= 15 is 0 Å². The summed E-state index contributed by atoms with van der Waals surface area (Å²) in [7, 11) is 0. The molecule has 0 aromatic rings. The van der Waals surface area contributed by atoms with Gasteiger partial charge in [-0.25, -0.2) is 0 Å². The maximum atomic E-state index is 12.3. The van der Waals surface area contributed by atoms with Gasteiger partial charge >= 0.3 is 0 Å². The second kappa shape index (κ2) is 7.59. The Kier molecular flexibility index (Phi) is 6.42. The highest BCUT2D eigenvalue weighted by atomic mass is 16.5. The second-order valence-electron chi connectivity index (χ2n) is 5.30. The van der Waals surface area contributed by atoms with E-state index in [1.807, 2.05) is 0 Å². The third-order valence-corrected chi connectivity index (χ3v) is 3.81. The average Bonchev–Trinajstić information content (AvgIpc) is 2.43. The molecule has 1 saturated heterocycles. The maximum absolute atomic E-state index is 12.3. The summed E-state index contributed by atoms with van der Waals surface area (Å²) in [6.07, 6.45) is 0. The Balaban J connectivity index is 2.46. The van der Waals surface area contributed by atoms with Crippen molar-refractivity contribution in [2.75, 3.05) is 45.9 Å². The number of carbonyl (C=O) groups is 2. The molecule has 2 amide bonds. The van der Waals surface area contributed by atoms with Crippen LogP contribution in [0.4, 0.5) is 0 Å². The molecule has 1 rings (SSSR count). The summed E-state index contributed by atoms with van der Waals surface area (Å²) < 4.78 is 5.60. The Morgan fingerprint density at radius 2 is 2.00 bits per heavy atom. The minimum atomic E-state index is -0.937. The first-order valence-electron chi connectivity index (χ1n) is 7.33. The number of nitrogens with one attached hydrogen (secondary N) is 1. The summed E-state index contributed by atoms with van der Waals surface area (Å²) in [5.74, 6) is -0.161. The highest BCUT2D eigenvalue weighted by Gasteiger charge is 2.39. The Morgan fingerprint density at radius 3 is 2.55 bits per heavy atom. The normalized spacial score (nSPS) is 22.9. The number of amides is 2. The van der Waals surface area contributed by atoms with Crippen molar-refractivity contribution in [1.82, 2.24) is 15.1 Å². The molecule has 0 bridgehead atoms. The molecular formula is C14H27N3O3. The lowest BCUT2D eigenvalue weighted by molar-refractivity contribution is -0.162. The molecule has 0 saturated carbocycles. The Bertz CT molecular complexity index is 345. The van der Waals surface area contributed by atoms with Crippen LogP contribution in [0.3, 0.4) is 0 Å². The van der Waals surface area contributed by atoms with Crippen molar-refractivity contribution >= 4 is 11.8 Å². The van der Waals surface area contributed by atoms with Crippen LogP contribution in [-0.2, 0) is 14.3 Å². The topological polar surface area (TPSA) is 61.9 Å². The van der Waals surface area contributed by atoms with Crippen LogP contribution >= 0.6 is 0 Å². The molecule has 0 aliphatic carbocycles. The summed E-state index contributed by atoms with van der Waals surface area (Å²) in [4.78, 5) is 27.6. The van der Waals surface area contributed by atoms with E-state index in [1.165, 1.54) is 6.92 Å². The molecule has 0 aromatic heterocycles. The highest BCUT2D eigenvalue weighted by Crippen LogP contribution is 2.17.